The molecule has 4 aromatic rings. The van der Waals surface area contributed by atoms with E-state index in [0.717, 1.165) is 27.9 Å². The third kappa shape index (κ3) is 6.00. The second kappa shape index (κ2) is 11.3. The van der Waals surface area contributed by atoms with Crippen LogP contribution >= 0.6 is 15.9 Å². The van der Waals surface area contributed by atoms with E-state index in [1.165, 1.54) is 0 Å². The topological polar surface area (TPSA) is 106 Å². The number of nitrogens with zero attached hydrogens (tertiary/aromatic N) is 4. The standard InChI is InChI=1S/C29H29BrN6O2/c1-18-15-36(16-19(2)34-18)28(37)22-8-6-21(7-9-22)24-13-26(27(31)33-14-24)38-17-20-4-3-5-23(12-20)25-10-11-32-29(30)35-25/h3-14,18-19,34H,15-17H2,1-2H3,(H2,31,33). The fourth-order valence-corrected chi connectivity index (χ4v) is 5.00. The van der Waals surface area contributed by atoms with Gasteiger partial charge in [-0.15, -0.1) is 0 Å². The molecule has 38 heavy (non-hydrogen) atoms. The number of nitrogens with two attached hydrogens (primary N) is 1. The van der Waals surface area contributed by atoms with E-state index in [2.05, 4.69) is 50.0 Å². The Hall–Kier alpha value is -3.82. The molecule has 1 saturated heterocycles. The van der Waals surface area contributed by atoms with Gasteiger partial charge in [-0.1, -0.05) is 30.3 Å². The molecule has 5 rings (SSSR count). The molecule has 2 aromatic carbocycles. The van der Waals surface area contributed by atoms with Crippen molar-refractivity contribution in [3.05, 3.63) is 88.9 Å². The lowest BCUT2D eigenvalue weighted by molar-refractivity contribution is 0.0674. The van der Waals surface area contributed by atoms with E-state index in [4.69, 9.17) is 10.5 Å². The van der Waals surface area contributed by atoms with Gasteiger partial charge in [0.25, 0.3) is 5.91 Å². The Morgan fingerprint density at radius 1 is 1.03 bits per heavy atom. The van der Waals surface area contributed by atoms with E-state index in [0.29, 0.717) is 41.6 Å². The number of benzene rings is 2. The van der Waals surface area contributed by atoms with Crippen molar-refractivity contribution in [3.63, 3.8) is 0 Å². The molecular formula is C29H29BrN6O2. The summed E-state index contributed by atoms with van der Waals surface area (Å²) in [6, 6.07) is 19.9. The highest BCUT2D eigenvalue weighted by Crippen LogP contribution is 2.29. The summed E-state index contributed by atoms with van der Waals surface area (Å²) in [5, 5.41) is 3.46. The van der Waals surface area contributed by atoms with Crippen molar-refractivity contribution in [2.45, 2.75) is 32.5 Å². The SMILES string of the molecule is CC1CN(C(=O)c2ccc(-c3cnc(N)c(OCc4cccc(-c5ccnc(Br)n5)c4)c3)cc2)CC(C)N1. The van der Waals surface area contributed by atoms with Crippen molar-refractivity contribution < 1.29 is 9.53 Å². The summed E-state index contributed by atoms with van der Waals surface area (Å²) in [6.07, 6.45) is 3.42. The minimum absolute atomic E-state index is 0.0488. The fourth-order valence-electron chi connectivity index (χ4n) is 4.69. The number of hydrogen-bond donors (Lipinski definition) is 2. The zero-order valence-electron chi connectivity index (χ0n) is 21.3. The molecule has 2 aromatic heterocycles. The van der Waals surface area contributed by atoms with Crippen LogP contribution in [0.3, 0.4) is 0 Å². The van der Waals surface area contributed by atoms with Gasteiger partial charge < -0.3 is 20.7 Å². The average molecular weight is 573 g/mol. The molecule has 1 aliphatic rings. The summed E-state index contributed by atoms with van der Waals surface area (Å²) in [6.45, 7) is 5.92. The van der Waals surface area contributed by atoms with Crippen molar-refractivity contribution in [1.82, 2.24) is 25.2 Å². The Balaban J connectivity index is 1.29. The molecule has 0 radical (unpaired) electrons. The summed E-state index contributed by atoms with van der Waals surface area (Å²) in [5.74, 6) is 0.868. The smallest absolute Gasteiger partial charge is 0.253 e. The van der Waals surface area contributed by atoms with Gasteiger partial charge in [0.05, 0.1) is 5.69 Å². The number of ether oxygens (including phenoxy) is 1. The molecule has 3 N–H and O–H groups in total. The Labute approximate surface area is 230 Å². The molecule has 1 aliphatic heterocycles. The first kappa shape index (κ1) is 25.8. The molecule has 8 nitrogen and oxygen atoms in total. The van der Waals surface area contributed by atoms with Crippen molar-refractivity contribution in [3.8, 4) is 28.1 Å². The van der Waals surface area contributed by atoms with Gasteiger partial charge in [0, 0.05) is 54.3 Å². The van der Waals surface area contributed by atoms with Crippen LogP contribution in [-0.4, -0.2) is 50.9 Å². The number of anilines is 1. The van der Waals surface area contributed by atoms with Gasteiger partial charge in [-0.2, -0.15) is 0 Å². The number of piperazine rings is 1. The number of pyridine rings is 1. The lowest BCUT2D eigenvalue weighted by Gasteiger charge is -2.36. The molecule has 3 heterocycles. The maximum Gasteiger partial charge on any atom is 0.253 e. The zero-order valence-corrected chi connectivity index (χ0v) is 22.9. The number of halogens is 1. The third-order valence-electron chi connectivity index (χ3n) is 6.43. The Morgan fingerprint density at radius 2 is 1.79 bits per heavy atom. The zero-order chi connectivity index (χ0) is 26.6. The van der Waals surface area contributed by atoms with Crippen LogP contribution in [0.25, 0.3) is 22.4 Å². The van der Waals surface area contributed by atoms with Crippen molar-refractivity contribution in [1.29, 1.82) is 0 Å². The Bertz CT molecular complexity index is 1440. The number of rotatable bonds is 6. The van der Waals surface area contributed by atoms with Crippen LogP contribution in [0.4, 0.5) is 5.82 Å². The maximum atomic E-state index is 13.0. The highest BCUT2D eigenvalue weighted by atomic mass is 79.9. The molecule has 0 spiro atoms. The van der Waals surface area contributed by atoms with Crippen LogP contribution in [0.5, 0.6) is 5.75 Å². The first-order valence-electron chi connectivity index (χ1n) is 12.5. The maximum absolute atomic E-state index is 13.0. The second-order valence-electron chi connectivity index (χ2n) is 9.56. The first-order valence-corrected chi connectivity index (χ1v) is 13.3. The van der Waals surface area contributed by atoms with Crippen molar-refractivity contribution >= 4 is 27.7 Å². The number of carbonyl (C=O) groups is 1. The van der Waals surface area contributed by atoms with Crippen LogP contribution in [0.15, 0.2) is 77.8 Å². The van der Waals surface area contributed by atoms with Crippen LogP contribution in [0.1, 0.15) is 29.8 Å². The summed E-state index contributed by atoms with van der Waals surface area (Å²) in [5.41, 5.74) is 11.3. The number of amides is 1. The number of nitrogen functional groups attached to an aromatic ring is 1. The molecule has 0 aliphatic carbocycles. The van der Waals surface area contributed by atoms with E-state index in [9.17, 15) is 4.79 Å². The molecule has 9 heteroatoms. The molecule has 194 valence electrons. The van der Waals surface area contributed by atoms with Gasteiger partial charge in [0.1, 0.15) is 6.61 Å². The molecule has 0 saturated carbocycles. The van der Waals surface area contributed by atoms with Crippen LogP contribution < -0.4 is 15.8 Å². The Morgan fingerprint density at radius 3 is 2.53 bits per heavy atom. The van der Waals surface area contributed by atoms with Crippen LogP contribution in [-0.2, 0) is 6.61 Å². The summed E-state index contributed by atoms with van der Waals surface area (Å²) < 4.78 is 6.60. The average Bonchev–Trinajstić information content (AvgIpc) is 2.92. The monoisotopic (exact) mass is 572 g/mol. The number of carbonyl (C=O) groups excluding carboxylic acids is 1. The summed E-state index contributed by atoms with van der Waals surface area (Å²) in [4.78, 5) is 27.8. The fraction of sp³-hybridized carbons (Fsp3) is 0.241. The van der Waals surface area contributed by atoms with Gasteiger partial charge in [-0.25, -0.2) is 15.0 Å². The first-order chi connectivity index (χ1) is 18.4. The van der Waals surface area contributed by atoms with E-state index in [1.807, 2.05) is 65.6 Å². The summed E-state index contributed by atoms with van der Waals surface area (Å²) >= 11 is 3.32. The molecule has 2 unspecified atom stereocenters. The number of nitrogens with one attached hydrogen (secondary N) is 1. The quantitative estimate of drug-likeness (QED) is 0.315. The van der Waals surface area contributed by atoms with Gasteiger partial charge in [0.2, 0.25) is 0 Å². The van der Waals surface area contributed by atoms with Crippen LogP contribution in [0.2, 0.25) is 0 Å². The van der Waals surface area contributed by atoms with E-state index in [1.54, 1.807) is 12.4 Å². The molecule has 1 fully saturated rings. The van der Waals surface area contributed by atoms with E-state index < -0.39 is 0 Å². The predicted octanol–water partition coefficient (Wildman–Crippen LogP) is 4.95. The van der Waals surface area contributed by atoms with Gasteiger partial charge in [-0.05, 0) is 71.2 Å². The Kier molecular flexibility index (Phi) is 7.67. The molecule has 0 bridgehead atoms. The van der Waals surface area contributed by atoms with Gasteiger partial charge in [-0.3, -0.25) is 4.79 Å². The van der Waals surface area contributed by atoms with E-state index >= 15 is 0 Å². The van der Waals surface area contributed by atoms with Crippen molar-refractivity contribution in [2.75, 3.05) is 18.8 Å². The normalized spacial score (nSPS) is 17.3. The molecular weight excluding hydrogens is 544 g/mol. The number of hydrogen-bond acceptors (Lipinski definition) is 7. The highest BCUT2D eigenvalue weighted by molar-refractivity contribution is 9.10. The minimum atomic E-state index is 0.0488. The largest absolute Gasteiger partial charge is 0.485 e. The lowest BCUT2D eigenvalue weighted by atomic mass is 10.0. The minimum Gasteiger partial charge on any atom is -0.485 e. The van der Waals surface area contributed by atoms with Crippen LogP contribution in [0, 0.1) is 0 Å². The van der Waals surface area contributed by atoms with Crippen molar-refractivity contribution in [2.24, 2.45) is 0 Å². The lowest BCUT2D eigenvalue weighted by Crippen LogP contribution is -2.55. The predicted molar refractivity (Wildman–Crippen MR) is 152 cm³/mol. The summed E-state index contributed by atoms with van der Waals surface area (Å²) in [7, 11) is 0. The molecule has 2 atom stereocenters. The third-order valence-corrected chi connectivity index (χ3v) is 6.82. The molecule has 1 amide bonds. The second-order valence-corrected chi connectivity index (χ2v) is 10.3. The number of aromatic nitrogens is 3. The highest BCUT2D eigenvalue weighted by Gasteiger charge is 2.25. The van der Waals surface area contributed by atoms with Gasteiger partial charge in [0.15, 0.2) is 16.3 Å². The van der Waals surface area contributed by atoms with E-state index in [-0.39, 0.29) is 18.0 Å². The van der Waals surface area contributed by atoms with Gasteiger partial charge >= 0.3 is 0 Å².